The Morgan fingerprint density at radius 1 is 1.18 bits per heavy atom. The van der Waals surface area contributed by atoms with Crippen LogP contribution < -0.4 is 10.6 Å². The first-order chi connectivity index (χ1) is 18.3. The fourth-order valence-corrected chi connectivity index (χ4v) is 5.28. The zero-order valence-electron chi connectivity index (χ0n) is 20.7. The van der Waals surface area contributed by atoms with Gasteiger partial charge in [-0.25, -0.2) is 9.20 Å². The molecule has 2 N–H and O–H groups in total. The lowest BCUT2D eigenvalue weighted by Gasteiger charge is -2.30. The number of carbonyl (C=O) groups is 2. The molecule has 0 aromatic carbocycles. The molecule has 0 atom stereocenters. The van der Waals surface area contributed by atoms with Crippen molar-refractivity contribution in [3.8, 4) is 10.4 Å². The van der Waals surface area contributed by atoms with E-state index in [9.17, 15) is 18.4 Å². The summed E-state index contributed by atoms with van der Waals surface area (Å²) in [6.45, 7) is 0.631. The first-order valence-corrected chi connectivity index (χ1v) is 12.8. The monoisotopic (exact) mass is 544 g/mol. The predicted octanol–water partition coefficient (Wildman–Crippen LogP) is 3.66. The van der Waals surface area contributed by atoms with Gasteiger partial charge in [0.2, 0.25) is 5.91 Å². The molecule has 2 amide bonds. The number of carbonyl (C=O) groups excluding carboxylic acids is 2. The van der Waals surface area contributed by atoms with E-state index in [0.717, 1.165) is 12.8 Å². The highest BCUT2D eigenvalue weighted by atomic mass is 32.1. The maximum atomic E-state index is 13.1. The number of ether oxygens (including phenoxy) is 1. The van der Waals surface area contributed by atoms with Gasteiger partial charge in [-0.3, -0.25) is 19.5 Å². The topological polar surface area (TPSA) is 119 Å². The molecule has 0 spiro atoms. The van der Waals surface area contributed by atoms with E-state index in [0.29, 0.717) is 61.8 Å². The van der Waals surface area contributed by atoms with Gasteiger partial charge in [0.1, 0.15) is 4.83 Å². The van der Waals surface area contributed by atoms with Crippen LogP contribution in [0.4, 0.5) is 20.2 Å². The number of aryl methyl sites for hydroxylation is 1. The Morgan fingerprint density at radius 2 is 1.97 bits per heavy atom. The van der Waals surface area contributed by atoms with Crippen LogP contribution in [0, 0.1) is 6.92 Å². The number of amides is 2. The quantitative estimate of drug-likeness (QED) is 0.348. The van der Waals surface area contributed by atoms with E-state index in [-0.39, 0.29) is 12.5 Å². The summed E-state index contributed by atoms with van der Waals surface area (Å²) < 4.78 is 33.2. The maximum Gasteiger partial charge on any atom is 0.333 e. The van der Waals surface area contributed by atoms with E-state index in [1.165, 1.54) is 34.4 Å². The van der Waals surface area contributed by atoms with Crippen LogP contribution in [-0.4, -0.2) is 73.9 Å². The second-order valence-electron chi connectivity index (χ2n) is 9.01. The number of hydrogen-bond donors (Lipinski definition) is 2. The van der Waals surface area contributed by atoms with Crippen LogP contribution in [0.25, 0.3) is 15.3 Å². The third kappa shape index (κ3) is 5.56. The number of aromatic nitrogens is 5. The molecule has 0 saturated carbocycles. The molecule has 1 fully saturated rings. The van der Waals surface area contributed by atoms with Crippen molar-refractivity contribution in [2.75, 3.05) is 37.4 Å². The van der Waals surface area contributed by atoms with Gasteiger partial charge in [0.15, 0.2) is 0 Å². The van der Waals surface area contributed by atoms with Crippen LogP contribution in [0.5, 0.6) is 0 Å². The first-order valence-electron chi connectivity index (χ1n) is 11.9. The highest BCUT2D eigenvalue weighted by Crippen LogP contribution is 2.31. The second-order valence-corrected chi connectivity index (χ2v) is 10.0. The molecule has 200 valence electrons. The molecule has 4 aromatic heterocycles. The van der Waals surface area contributed by atoms with E-state index in [1.807, 2.05) is 11.9 Å². The van der Waals surface area contributed by atoms with Gasteiger partial charge in [0, 0.05) is 37.2 Å². The molecule has 1 aliphatic heterocycles. The zero-order valence-corrected chi connectivity index (χ0v) is 21.5. The third-order valence-electron chi connectivity index (χ3n) is 6.35. The van der Waals surface area contributed by atoms with Crippen molar-refractivity contribution in [1.82, 2.24) is 29.3 Å². The minimum atomic E-state index is -2.74. The summed E-state index contributed by atoms with van der Waals surface area (Å²) in [6, 6.07) is 1.96. The standard InChI is InChI=1S/C24H26F2N8O3S/c1-14-19(7-16(9-27-14)30-21(35)13-32(2)17-3-5-37-6-4-17)31-22(36)18-10-29-33-12-20(38-23(18)33)15-8-28-34(11-15)24(25)26/h7-12,17,24H,3-6,13H2,1-2H3,(H,30,35)(H,31,36). The van der Waals surface area contributed by atoms with Crippen LogP contribution >= 0.6 is 11.3 Å². The Kier molecular flexibility index (Phi) is 7.44. The molecule has 11 nitrogen and oxygen atoms in total. The highest BCUT2D eigenvalue weighted by Gasteiger charge is 2.21. The van der Waals surface area contributed by atoms with Crippen LogP contribution in [-0.2, 0) is 9.53 Å². The summed E-state index contributed by atoms with van der Waals surface area (Å²) in [6.07, 6.45) is 9.00. The fourth-order valence-electron chi connectivity index (χ4n) is 4.25. The minimum absolute atomic E-state index is 0.179. The van der Waals surface area contributed by atoms with Gasteiger partial charge in [0.05, 0.1) is 52.6 Å². The number of pyridine rings is 1. The summed E-state index contributed by atoms with van der Waals surface area (Å²) in [4.78, 5) is 33.3. The Hall–Kier alpha value is -3.75. The third-order valence-corrected chi connectivity index (χ3v) is 7.51. The number of hydrogen-bond acceptors (Lipinski definition) is 8. The number of nitrogens with one attached hydrogen (secondary N) is 2. The van der Waals surface area contributed by atoms with Crippen molar-refractivity contribution in [2.45, 2.75) is 32.4 Å². The average molecular weight is 545 g/mol. The van der Waals surface area contributed by atoms with Crippen molar-refractivity contribution in [3.05, 3.63) is 48.3 Å². The molecule has 0 radical (unpaired) electrons. The number of thiazole rings is 1. The Balaban J connectivity index is 1.27. The lowest BCUT2D eigenvalue weighted by atomic mass is 10.1. The van der Waals surface area contributed by atoms with E-state index in [2.05, 4.69) is 25.8 Å². The van der Waals surface area contributed by atoms with E-state index < -0.39 is 12.5 Å². The summed E-state index contributed by atoms with van der Waals surface area (Å²) in [5, 5.41) is 13.6. The number of nitrogens with zero attached hydrogens (tertiary/aromatic N) is 6. The SMILES string of the molecule is Cc1ncc(NC(=O)CN(C)C2CCOCC2)cc1NC(=O)c1cnn2cc(-c3cnn(C(F)F)c3)sc12. The van der Waals surface area contributed by atoms with Gasteiger partial charge in [-0.05, 0) is 32.9 Å². The molecular formula is C24H26F2N8O3S. The summed E-state index contributed by atoms with van der Waals surface area (Å²) >= 11 is 1.24. The fraction of sp³-hybridized carbons (Fsp3) is 0.375. The summed E-state index contributed by atoms with van der Waals surface area (Å²) in [7, 11) is 1.92. The van der Waals surface area contributed by atoms with Crippen LogP contribution in [0.2, 0.25) is 0 Å². The molecule has 1 saturated heterocycles. The minimum Gasteiger partial charge on any atom is -0.381 e. The summed E-state index contributed by atoms with van der Waals surface area (Å²) in [5.41, 5.74) is 2.30. The highest BCUT2D eigenvalue weighted by molar-refractivity contribution is 7.21. The van der Waals surface area contributed by atoms with Crippen molar-refractivity contribution < 1.29 is 23.1 Å². The predicted molar refractivity (Wildman–Crippen MR) is 138 cm³/mol. The molecule has 4 aromatic rings. The van der Waals surface area contributed by atoms with Gasteiger partial charge in [-0.15, -0.1) is 11.3 Å². The van der Waals surface area contributed by atoms with E-state index in [1.54, 1.807) is 25.4 Å². The molecule has 5 rings (SSSR count). The number of fused-ring (bicyclic) bond motifs is 1. The zero-order chi connectivity index (χ0) is 26.8. The van der Waals surface area contributed by atoms with E-state index in [4.69, 9.17) is 4.74 Å². The number of halogens is 2. The molecule has 0 aliphatic carbocycles. The normalized spacial score (nSPS) is 14.5. The Bertz CT molecular complexity index is 1460. The summed E-state index contributed by atoms with van der Waals surface area (Å²) in [5.74, 6) is -0.592. The number of anilines is 2. The smallest absolute Gasteiger partial charge is 0.333 e. The van der Waals surface area contributed by atoms with Crippen LogP contribution in [0.1, 0.15) is 35.4 Å². The molecule has 38 heavy (non-hydrogen) atoms. The molecule has 0 bridgehead atoms. The van der Waals surface area contributed by atoms with Gasteiger partial charge in [-0.1, -0.05) is 0 Å². The largest absolute Gasteiger partial charge is 0.381 e. The Labute approximate surface area is 220 Å². The number of alkyl halides is 2. The van der Waals surface area contributed by atoms with Gasteiger partial charge in [-0.2, -0.15) is 19.0 Å². The Morgan fingerprint density at radius 3 is 2.71 bits per heavy atom. The van der Waals surface area contributed by atoms with Crippen molar-refractivity contribution in [1.29, 1.82) is 0 Å². The lowest BCUT2D eigenvalue weighted by Crippen LogP contribution is -2.41. The van der Waals surface area contributed by atoms with Crippen molar-refractivity contribution in [2.24, 2.45) is 0 Å². The molecule has 5 heterocycles. The first kappa shape index (κ1) is 25.9. The van der Waals surface area contributed by atoms with Gasteiger partial charge < -0.3 is 15.4 Å². The second kappa shape index (κ2) is 10.9. The number of likely N-dealkylation sites (N-methyl/N-ethyl adjacent to an activating group) is 1. The van der Waals surface area contributed by atoms with Crippen LogP contribution in [0.15, 0.2) is 37.1 Å². The molecular weight excluding hydrogens is 518 g/mol. The lowest BCUT2D eigenvalue weighted by molar-refractivity contribution is -0.118. The molecule has 1 aliphatic rings. The molecule has 14 heteroatoms. The van der Waals surface area contributed by atoms with Crippen LogP contribution in [0.3, 0.4) is 0 Å². The van der Waals surface area contributed by atoms with Gasteiger partial charge in [0.25, 0.3) is 5.91 Å². The van der Waals surface area contributed by atoms with Gasteiger partial charge >= 0.3 is 6.55 Å². The van der Waals surface area contributed by atoms with Crippen molar-refractivity contribution >= 4 is 39.4 Å². The van der Waals surface area contributed by atoms with Crippen molar-refractivity contribution in [3.63, 3.8) is 0 Å². The van der Waals surface area contributed by atoms with E-state index >= 15 is 0 Å². The number of rotatable bonds is 8. The molecule has 0 unspecified atom stereocenters. The average Bonchev–Trinajstić information content (AvgIpc) is 3.62. The maximum absolute atomic E-state index is 13.1.